The zero-order chi connectivity index (χ0) is 27.8. The first-order chi connectivity index (χ1) is 17.8. The minimum atomic E-state index is -4.69. The summed E-state index contributed by atoms with van der Waals surface area (Å²) in [6.07, 6.45) is -3.24. The summed E-state index contributed by atoms with van der Waals surface area (Å²) in [5.74, 6) is -2.68. The van der Waals surface area contributed by atoms with Crippen LogP contribution in [0.2, 0.25) is 0 Å². The van der Waals surface area contributed by atoms with Gasteiger partial charge in [-0.1, -0.05) is 0 Å². The lowest BCUT2D eigenvalue weighted by Gasteiger charge is -2.27. The van der Waals surface area contributed by atoms with Crippen molar-refractivity contribution in [1.29, 1.82) is 0 Å². The Kier molecular flexibility index (Phi) is 7.48. The standard InChI is InChI=1S/C24H22F5N5O3S.H2/c1-13-9-30-20(16-11-32-23(33-12-16)24(27,28)29)7-15(13)10-31-22(35)21-8-19(26)14(2)34(21)38(36,37)18-5-3-17(25)4-6-18;/h3-7,9,11-12,14,19,21H,8,10H2,1-2H3,(H,31,35);1H/t14-,19+,21-;/m0./s1. The van der Waals surface area contributed by atoms with Crippen LogP contribution in [0.1, 0.15) is 31.7 Å². The van der Waals surface area contributed by atoms with Gasteiger partial charge >= 0.3 is 6.18 Å². The van der Waals surface area contributed by atoms with Crippen molar-refractivity contribution in [2.45, 2.75) is 56.1 Å². The van der Waals surface area contributed by atoms with Crippen molar-refractivity contribution in [2.24, 2.45) is 0 Å². The van der Waals surface area contributed by atoms with Crippen molar-refractivity contribution in [3.63, 3.8) is 0 Å². The van der Waals surface area contributed by atoms with Crippen molar-refractivity contribution < 1.29 is 36.6 Å². The molecule has 38 heavy (non-hydrogen) atoms. The van der Waals surface area contributed by atoms with E-state index in [-0.39, 0.29) is 30.5 Å². The molecule has 1 aliphatic rings. The third-order valence-electron chi connectivity index (χ3n) is 6.24. The molecule has 0 unspecified atom stereocenters. The summed E-state index contributed by atoms with van der Waals surface area (Å²) in [6.45, 7) is 2.96. The number of carbonyl (C=O) groups excluding carboxylic acids is 1. The summed E-state index contributed by atoms with van der Waals surface area (Å²) in [4.78, 5) is 23.6. The van der Waals surface area contributed by atoms with E-state index in [1.165, 1.54) is 19.2 Å². The van der Waals surface area contributed by atoms with Crippen LogP contribution in [0.15, 0.2) is 53.8 Å². The molecular formula is C24H24F5N5O3S. The van der Waals surface area contributed by atoms with Crippen molar-refractivity contribution in [3.8, 4) is 11.3 Å². The number of nitrogens with zero attached hydrogens (tertiary/aromatic N) is 4. The molecule has 14 heteroatoms. The lowest BCUT2D eigenvalue weighted by Crippen LogP contribution is -2.48. The van der Waals surface area contributed by atoms with Gasteiger partial charge in [-0.2, -0.15) is 17.5 Å². The van der Waals surface area contributed by atoms with Crippen LogP contribution in [0, 0.1) is 12.7 Å². The molecule has 3 atom stereocenters. The highest BCUT2D eigenvalue weighted by molar-refractivity contribution is 7.89. The lowest BCUT2D eigenvalue weighted by molar-refractivity contribution is -0.145. The van der Waals surface area contributed by atoms with Gasteiger partial charge in [-0.25, -0.2) is 27.2 Å². The fourth-order valence-corrected chi connectivity index (χ4v) is 5.93. The zero-order valence-corrected chi connectivity index (χ0v) is 20.9. The van der Waals surface area contributed by atoms with Crippen LogP contribution in [0.25, 0.3) is 11.3 Å². The number of sulfonamides is 1. The number of amides is 1. The van der Waals surface area contributed by atoms with Gasteiger partial charge in [-0.15, -0.1) is 0 Å². The van der Waals surface area contributed by atoms with E-state index in [0.717, 1.165) is 41.0 Å². The number of carbonyl (C=O) groups is 1. The SMILES string of the molecule is Cc1cnc(-c2cnc(C(F)(F)F)nc2)cc1CNC(=O)[C@@H]1C[C@@H](F)[C@H](C)N1S(=O)(=O)c1ccc(F)cc1.[HH]. The average molecular weight is 558 g/mol. The number of halogens is 5. The van der Waals surface area contributed by atoms with Crippen molar-refractivity contribution in [2.75, 3.05) is 0 Å². The number of hydrogen-bond donors (Lipinski definition) is 1. The first kappa shape index (κ1) is 27.5. The van der Waals surface area contributed by atoms with Crippen molar-refractivity contribution in [1.82, 2.24) is 24.6 Å². The molecule has 3 heterocycles. The Hall–Kier alpha value is -3.52. The van der Waals surface area contributed by atoms with E-state index in [9.17, 15) is 35.2 Å². The molecule has 2 aromatic heterocycles. The van der Waals surface area contributed by atoms with E-state index < -0.39 is 52.0 Å². The van der Waals surface area contributed by atoms with Gasteiger partial charge in [0.05, 0.1) is 16.6 Å². The molecule has 0 aliphatic carbocycles. The molecule has 8 nitrogen and oxygen atoms in total. The van der Waals surface area contributed by atoms with Crippen LogP contribution < -0.4 is 5.32 Å². The summed E-state index contributed by atoms with van der Waals surface area (Å²) >= 11 is 0. The number of aromatic nitrogens is 3. The van der Waals surface area contributed by atoms with Gasteiger partial charge in [0.1, 0.15) is 18.0 Å². The van der Waals surface area contributed by atoms with Gasteiger partial charge in [0.2, 0.25) is 21.8 Å². The molecule has 1 aliphatic heterocycles. The maximum atomic E-state index is 14.6. The molecular weight excluding hydrogens is 533 g/mol. The summed E-state index contributed by atoms with van der Waals surface area (Å²) in [5.41, 5.74) is 1.65. The molecule has 0 bridgehead atoms. The van der Waals surface area contributed by atoms with Crippen LogP contribution >= 0.6 is 0 Å². The fourth-order valence-electron chi connectivity index (χ4n) is 4.12. The smallest absolute Gasteiger partial charge is 0.351 e. The second-order valence-electron chi connectivity index (χ2n) is 8.80. The predicted molar refractivity (Wildman–Crippen MR) is 127 cm³/mol. The molecule has 204 valence electrons. The molecule has 0 radical (unpaired) electrons. The third-order valence-corrected chi connectivity index (χ3v) is 8.25. The quantitative estimate of drug-likeness (QED) is 0.459. The van der Waals surface area contributed by atoms with Gasteiger partial charge in [-0.3, -0.25) is 9.78 Å². The van der Waals surface area contributed by atoms with Crippen molar-refractivity contribution in [3.05, 3.63) is 71.7 Å². The first-order valence-corrected chi connectivity index (χ1v) is 12.8. The Bertz CT molecular complexity index is 1440. The van der Waals surface area contributed by atoms with Crippen LogP contribution in [0.3, 0.4) is 0 Å². The second kappa shape index (κ2) is 10.3. The number of aryl methyl sites for hydroxylation is 1. The average Bonchev–Trinajstić information content (AvgIpc) is 3.18. The van der Waals surface area contributed by atoms with E-state index in [2.05, 4.69) is 20.3 Å². The monoisotopic (exact) mass is 557 g/mol. The van der Waals surface area contributed by atoms with Gasteiger partial charge in [0, 0.05) is 38.5 Å². The third kappa shape index (κ3) is 5.50. The topological polar surface area (TPSA) is 105 Å². The van der Waals surface area contributed by atoms with E-state index in [1.807, 2.05) is 0 Å². The Balaban J connectivity index is 0.00000420. The molecule has 0 saturated carbocycles. The highest BCUT2D eigenvalue weighted by Crippen LogP contribution is 2.33. The van der Waals surface area contributed by atoms with Crippen LogP contribution in [-0.4, -0.2) is 51.8 Å². The van der Waals surface area contributed by atoms with Crippen molar-refractivity contribution >= 4 is 15.9 Å². The van der Waals surface area contributed by atoms with E-state index in [1.54, 1.807) is 6.92 Å². The molecule has 1 aromatic carbocycles. The maximum Gasteiger partial charge on any atom is 0.451 e. The second-order valence-corrected chi connectivity index (χ2v) is 10.6. The highest BCUT2D eigenvalue weighted by Gasteiger charge is 2.49. The molecule has 4 rings (SSSR count). The van der Waals surface area contributed by atoms with Gasteiger partial charge < -0.3 is 5.32 Å². The highest BCUT2D eigenvalue weighted by atomic mass is 32.2. The molecule has 3 aromatic rings. The van der Waals surface area contributed by atoms with E-state index in [4.69, 9.17) is 0 Å². The molecule has 1 fully saturated rings. The zero-order valence-electron chi connectivity index (χ0n) is 20.1. The number of alkyl halides is 4. The molecule has 0 spiro atoms. The van der Waals surface area contributed by atoms with Crippen LogP contribution in [-0.2, 0) is 27.5 Å². The minimum Gasteiger partial charge on any atom is -0.351 e. The maximum absolute atomic E-state index is 14.6. The summed E-state index contributed by atoms with van der Waals surface area (Å²) in [5, 5.41) is 2.61. The lowest BCUT2D eigenvalue weighted by atomic mass is 10.1. The number of benzene rings is 1. The Morgan fingerprint density at radius 2 is 1.76 bits per heavy atom. The normalized spacial score (nSPS) is 20.4. The minimum absolute atomic E-state index is 0. The number of rotatable bonds is 6. The molecule has 1 amide bonds. The van der Waals surface area contributed by atoms with E-state index >= 15 is 0 Å². The van der Waals surface area contributed by atoms with E-state index in [0.29, 0.717) is 11.1 Å². The molecule has 1 N–H and O–H groups in total. The summed E-state index contributed by atoms with van der Waals surface area (Å²) in [6, 6.07) is 3.07. The Morgan fingerprint density at radius 3 is 2.37 bits per heavy atom. The first-order valence-electron chi connectivity index (χ1n) is 11.3. The number of pyridine rings is 1. The van der Waals surface area contributed by atoms with Gasteiger partial charge in [0.25, 0.3) is 0 Å². The van der Waals surface area contributed by atoms with Gasteiger partial charge in [0.15, 0.2) is 0 Å². The number of hydrogen-bond acceptors (Lipinski definition) is 6. The summed E-state index contributed by atoms with van der Waals surface area (Å²) in [7, 11) is -4.32. The number of nitrogens with one attached hydrogen (secondary N) is 1. The molecule has 1 saturated heterocycles. The Morgan fingerprint density at radius 1 is 1.13 bits per heavy atom. The van der Waals surface area contributed by atoms with Crippen LogP contribution in [0.5, 0.6) is 0 Å². The van der Waals surface area contributed by atoms with Crippen LogP contribution in [0.4, 0.5) is 22.0 Å². The largest absolute Gasteiger partial charge is 0.451 e. The fraction of sp³-hybridized carbons (Fsp3) is 0.333. The van der Waals surface area contributed by atoms with Gasteiger partial charge in [-0.05, 0) is 55.3 Å². The Labute approximate surface area is 216 Å². The summed E-state index contributed by atoms with van der Waals surface area (Å²) < 4.78 is 93.4. The predicted octanol–water partition coefficient (Wildman–Crippen LogP) is 4.06.